The van der Waals surface area contributed by atoms with Gasteiger partial charge in [-0.15, -0.1) is 5.10 Å². The zero-order chi connectivity index (χ0) is 43.9. The highest BCUT2D eigenvalue weighted by atomic mass is 79.9. The number of methoxy groups -OCH3 is 1. The molecular formula is C50H51BrN6O5Si. The Morgan fingerprint density at radius 3 is 2.49 bits per heavy atom. The summed E-state index contributed by atoms with van der Waals surface area (Å²) in [4.78, 5) is 33.6. The average Bonchev–Trinajstić information content (AvgIpc) is 4.06. The summed E-state index contributed by atoms with van der Waals surface area (Å²) in [5.74, 6) is 0.139. The Morgan fingerprint density at radius 2 is 1.75 bits per heavy atom. The minimum atomic E-state index is -2.40. The number of para-hydroxylation sites is 1. The molecule has 7 aromatic rings. The molecular weight excluding hydrogens is 873 g/mol. The van der Waals surface area contributed by atoms with Crippen LogP contribution in [0.2, 0.25) is 18.6 Å². The number of nitrogens with zero attached hydrogens (tertiary/aromatic N) is 4. The number of halogens is 1. The largest absolute Gasteiger partial charge is 0.497 e. The van der Waals surface area contributed by atoms with Crippen LogP contribution < -0.4 is 20.1 Å². The quantitative estimate of drug-likeness (QED) is 0.0930. The predicted octanol–water partition coefficient (Wildman–Crippen LogP) is 8.69. The van der Waals surface area contributed by atoms with Crippen molar-refractivity contribution in [1.82, 2.24) is 20.0 Å². The number of aromatic nitrogens is 4. The fourth-order valence-corrected chi connectivity index (χ4v) is 14.6. The molecule has 2 aliphatic rings. The van der Waals surface area contributed by atoms with E-state index in [1.807, 2.05) is 125 Å². The van der Waals surface area contributed by atoms with Gasteiger partial charge in [0, 0.05) is 51.5 Å². The van der Waals surface area contributed by atoms with E-state index in [4.69, 9.17) is 9.47 Å². The van der Waals surface area contributed by atoms with Crippen molar-refractivity contribution < 1.29 is 24.2 Å². The number of rotatable bonds is 14. The molecule has 2 aliphatic heterocycles. The van der Waals surface area contributed by atoms with E-state index in [1.54, 1.807) is 7.11 Å². The zero-order valence-corrected chi connectivity index (χ0v) is 38.4. The van der Waals surface area contributed by atoms with Gasteiger partial charge in [0.05, 0.1) is 58.2 Å². The molecule has 3 N–H and O–H groups in total. The molecule has 2 aromatic heterocycles. The van der Waals surface area contributed by atoms with E-state index in [0.717, 1.165) is 49.1 Å². The molecule has 63 heavy (non-hydrogen) atoms. The first kappa shape index (κ1) is 42.4. The number of H-pyrrole nitrogens is 1. The Labute approximate surface area is 376 Å². The fourth-order valence-electron chi connectivity index (χ4n) is 10.1. The van der Waals surface area contributed by atoms with Crippen molar-refractivity contribution in [2.24, 2.45) is 5.92 Å². The lowest BCUT2D eigenvalue weighted by atomic mass is 9.82. The van der Waals surface area contributed by atoms with Crippen LogP contribution in [0.25, 0.3) is 10.9 Å². The van der Waals surface area contributed by atoms with Gasteiger partial charge in [0.25, 0.3) is 5.91 Å². The number of ether oxygens (including phenoxy) is 2. The molecule has 0 saturated carbocycles. The molecule has 13 heteroatoms. The number of nitrogens with one attached hydrogen (secondary N) is 2. The molecule has 2 amide bonds. The smallest absolute Gasteiger partial charge is 0.264 e. The summed E-state index contributed by atoms with van der Waals surface area (Å²) in [5.41, 5.74) is 5.72. The summed E-state index contributed by atoms with van der Waals surface area (Å²) in [6.45, 7) is 7.72. The lowest BCUT2D eigenvalue weighted by molar-refractivity contribution is -0.146. The Kier molecular flexibility index (Phi) is 11.7. The van der Waals surface area contributed by atoms with Crippen LogP contribution in [0.5, 0.6) is 5.75 Å². The van der Waals surface area contributed by atoms with E-state index >= 15 is 4.79 Å². The predicted molar refractivity (Wildman–Crippen MR) is 252 cm³/mol. The van der Waals surface area contributed by atoms with Crippen molar-refractivity contribution in [2.45, 2.75) is 69.1 Å². The third-order valence-corrected chi connectivity index (χ3v) is 18.2. The highest BCUT2D eigenvalue weighted by Crippen LogP contribution is 2.60. The topological polar surface area (TPSA) is 135 Å². The van der Waals surface area contributed by atoms with E-state index in [2.05, 4.69) is 74.8 Å². The molecule has 0 aliphatic carbocycles. The lowest BCUT2D eigenvalue weighted by Gasteiger charge is -2.37. The number of aryl methyl sites for hydroxylation is 1. The zero-order valence-electron chi connectivity index (χ0n) is 35.8. The van der Waals surface area contributed by atoms with E-state index in [-0.39, 0.29) is 48.3 Å². The molecule has 0 radical (unpaired) electrons. The second-order valence-electron chi connectivity index (χ2n) is 17.3. The molecule has 1 saturated heterocycles. The highest BCUT2D eigenvalue weighted by Gasteiger charge is 2.66. The Hall–Kier alpha value is -5.86. The van der Waals surface area contributed by atoms with Gasteiger partial charge < -0.3 is 29.8 Å². The number of amides is 2. The van der Waals surface area contributed by atoms with Crippen LogP contribution in [-0.4, -0.2) is 64.8 Å². The van der Waals surface area contributed by atoms with Gasteiger partial charge in [-0.1, -0.05) is 119 Å². The maximum atomic E-state index is 15.4. The summed E-state index contributed by atoms with van der Waals surface area (Å²) >= 11 is 3.74. The molecule has 1 unspecified atom stereocenters. The molecule has 5 aromatic carbocycles. The number of carbonyl (C=O) groups is 2. The SMILES string of the molecule is COc1ccc([Si](C)(C)[C@@H]2[C@@H](CCn3cc(C(CO)c4ccccc4)nn3)O[C@]3(C(=O)N(Cc4ccc(NC(=O)Cc5c[nH]c6ccccc56)cc4)c4ccc(Br)cc43)[C@H]2C)cc1. The standard InChI is InChI=1S/C50H51BrN6O5Si/c1-32-48(63(3,4)39-21-19-38(61-2)20-22-39)46(24-25-56-30-44(54-55-56)41(31-58)34-10-6-5-7-11-34)62-50(32)42-27-36(51)16-23-45(42)57(49(50)60)29-33-14-17-37(18-15-33)53-47(59)26-35-28-52-43-13-9-8-12-40(35)43/h5-23,27-28,30,32,41,46,48,52,58H,24-26,29,31H2,1-4H3,(H,53,59)/t32-,41?,46+,48-,50+/m0/s1. The minimum absolute atomic E-state index is 0.0336. The van der Waals surface area contributed by atoms with Gasteiger partial charge in [-0.3, -0.25) is 14.3 Å². The Bertz CT molecular complexity index is 2760. The van der Waals surface area contributed by atoms with Crippen molar-refractivity contribution in [2.75, 3.05) is 23.9 Å². The second-order valence-corrected chi connectivity index (χ2v) is 22.9. The monoisotopic (exact) mass is 922 g/mol. The van der Waals surface area contributed by atoms with Crippen LogP contribution >= 0.6 is 15.9 Å². The van der Waals surface area contributed by atoms with Crippen LogP contribution in [0.4, 0.5) is 11.4 Å². The number of hydrogen-bond donors (Lipinski definition) is 3. The van der Waals surface area contributed by atoms with Gasteiger partial charge in [-0.25, -0.2) is 0 Å². The van der Waals surface area contributed by atoms with Gasteiger partial charge in [0.15, 0.2) is 5.60 Å². The van der Waals surface area contributed by atoms with Gasteiger partial charge in [0.1, 0.15) is 5.75 Å². The molecule has 322 valence electrons. The normalized spacial score (nSPS) is 20.1. The van der Waals surface area contributed by atoms with Crippen molar-refractivity contribution in [3.05, 3.63) is 166 Å². The minimum Gasteiger partial charge on any atom is -0.497 e. The first-order chi connectivity index (χ1) is 30.5. The number of carbonyl (C=O) groups excluding carboxylic acids is 2. The summed E-state index contributed by atoms with van der Waals surface area (Å²) in [5, 5.41) is 24.7. The number of aliphatic hydroxyl groups is 1. The lowest BCUT2D eigenvalue weighted by Crippen LogP contribution is -2.51. The second kappa shape index (κ2) is 17.4. The number of aromatic amines is 1. The van der Waals surface area contributed by atoms with Gasteiger partial charge >= 0.3 is 0 Å². The molecule has 5 atom stereocenters. The van der Waals surface area contributed by atoms with E-state index in [0.29, 0.717) is 30.9 Å². The van der Waals surface area contributed by atoms with Crippen LogP contribution in [0.1, 0.15) is 47.2 Å². The van der Waals surface area contributed by atoms with Crippen LogP contribution in [0.3, 0.4) is 0 Å². The number of anilines is 2. The van der Waals surface area contributed by atoms with E-state index in [1.165, 1.54) is 5.19 Å². The molecule has 0 bridgehead atoms. The van der Waals surface area contributed by atoms with Crippen LogP contribution in [0, 0.1) is 5.92 Å². The Morgan fingerprint density at radius 1 is 1.00 bits per heavy atom. The van der Waals surface area contributed by atoms with Crippen molar-refractivity contribution in [3.63, 3.8) is 0 Å². The van der Waals surface area contributed by atoms with E-state index in [9.17, 15) is 9.90 Å². The number of aliphatic hydroxyl groups excluding tert-OH is 1. The van der Waals surface area contributed by atoms with Crippen molar-refractivity contribution >= 4 is 63.3 Å². The number of hydrogen-bond acceptors (Lipinski definition) is 7. The third-order valence-electron chi connectivity index (χ3n) is 13.3. The first-order valence-electron chi connectivity index (χ1n) is 21.4. The summed E-state index contributed by atoms with van der Waals surface area (Å²) in [7, 11) is -0.719. The maximum Gasteiger partial charge on any atom is 0.264 e. The summed E-state index contributed by atoms with van der Waals surface area (Å²) in [6.07, 6.45) is 4.36. The number of benzene rings is 5. The Balaban J connectivity index is 0.990. The maximum absolute atomic E-state index is 15.4. The van der Waals surface area contributed by atoms with Gasteiger partial charge in [-0.2, -0.15) is 0 Å². The fraction of sp³-hybridized carbons (Fsp3) is 0.280. The van der Waals surface area contributed by atoms with Crippen molar-refractivity contribution in [1.29, 1.82) is 0 Å². The molecule has 9 rings (SSSR count). The van der Waals surface area contributed by atoms with Gasteiger partial charge in [0.2, 0.25) is 5.91 Å². The molecule has 11 nitrogen and oxygen atoms in total. The molecule has 1 fully saturated rings. The average molecular weight is 924 g/mol. The summed E-state index contributed by atoms with van der Waals surface area (Å²) in [6, 6.07) is 39.9. The summed E-state index contributed by atoms with van der Waals surface area (Å²) < 4.78 is 15.6. The van der Waals surface area contributed by atoms with Crippen LogP contribution in [0.15, 0.2) is 138 Å². The molecule has 4 heterocycles. The van der Waals surface area contributed by atoms with Crippen molar-refractivity contribution in [3.8, 4) is 5.75 Å². The molecule has 1 spiro atoms. The van der Waals surface area contributed by atoms with Gasteiger partial charge in [-0.05, 0) is 77.2 Å². The number of fused-ring (bicyclic) bond motifs is 3. The van der Waals surface area contributed by atoms with Crippen LogP contribution in [-0.2, 0) is 39.4 Å². The van der Waals surface area contributed by atoms with E-state index < -0.39 is 13.7 Å². The highest BCUT2D eigenvalue weighted by molar-refractivity contribution is 9.10. The third kappa shape index (κ3) is 7.92. The first-order valence-corrected chi connectivity index (χ1v) is 25.3.